The number of primary amides is 1. The number of aliphatic imine (C=N–C) groups is 1. The summed E-state index contributed by atoms with van der Waals surface area (Å²) in [7, 11) is 0. The van der Waals surface area contributed by atoms with Crippen LogP contribution in [0, 0.1) is 24.5 Å². The van der Waals surface area contributed by atoms with Gasteiger partial charge in [-0.05, 0) is 55.2 Å². The van der Waals surface area contributed by atoms with Crippen molar-refractivity contribution in [3.63, 3.8) is 0 Å². The van der Waals surface area contributed by atoms with Crippen LogP contribution in [-0.2, 0) is 17.8 Å². The third-order valence-corrected chi connectivity index (χ3v) is 4.30. The fourth-order valence-corrected chi connectivity index (χ4v) is 2.72. The van der Waals surface area contributed by atoms with Gasteiger partial charge >= 0.3 is 0 Å². The number of hydrogen-bond donors (Lipinski definition) is 3. The Morgan fingerprint density at radius 2 is 1.79 bits per heavy atom. The van der Waals surface area contributed by atoms with E-state index < -0.39 is 11.8 Å². The van der Waals surface area contributed by atoms with E-state index in [0.717, 1.165) is 11.1 Å². The number of hydrogen-bond acceptors (Lipinski definition) is 2. The minimum absolute atomic E-state index is 0.247. The number of aryl methyl sites for hydroxylation is 1. The number of guanidine groups is 1. The number of halogens is 2. The minimum atomic E-state index is -0.470. The van der Waals surface area contributed by atoms with Crippen LogP contribution in [0.3, 0.4) is 0 Å². The molecule has 7 heteroatoms. The summed E-state index contributed by atoms with van der Waals surface area (Å²) in [6, 6.07) is 10.9. The maximum Gasteiger partial charge on any atom is 0.222 e. The zero-order chi connectivity index (χ0) is 20.5. The van der Waals surface area contributed by atoms with E-state index in [1.54, 1.807) is 31.2 Å². The molecule has 1 amide bonds. The van der Waals surface area contributed by atoms with Gasteiger partial charge in [0.2, 0.25) is 5.91 Å². The summed E-state index contributed by atoms with van der Waals surface area (Å²) in [5.41, 5.74) is 7.80. The van der Waals surface area contributed by atoms with E-state index in [-0.39, 0.29) is 11.6 Å². The predicted octanol–water partition coefficient (Wildman–Crippen LogP) is 2.67. The third-order valence-electron chi connectivity index (χ3n) is 4.30. The molecule has 0 spiro atoms. The highest BCUT2D eigenvalue weighted by Crippen LogP contribution is 2.11. The van der Waals surface area contributed by atoms with Crippen molar-refractivity contribution in [3.8, 4) is 0 Å². The van der Waals surface area contributed by atoms with Crippen molar-refractivity contribution in [2.45, 2.75) is 26.8 Å². The lowest BCUT2D eigenvalue weighted by Crippen LogP contribution is -2.43. The average molecular weight is 388 g/mol. The van der Waals surface area contributed by atoms with Gasteiger partial charge in [-0.25, -0.2) is 13.8 Å². The molecule has 1 unspecified atom stereocenters. The van der Waals surface area contributed by atoms with Crippen LogP contribution >= 0.6 is 0 Å². The molecular weight excluding hydrogens is 362 g/mol. The van der Waals surface area contributed by atoms with Gasteiger partial charge in [0.1, 0.15) is 11.6 Å². The molecule has 0 fully saturated rings. The molecule has 0 aliphatic heterocycles. The van der Waals surface area contributed by atoms with Gasteiger partial charge in [-0.15, -0.1) is 0 Å². The fourth-order valence-electron chi connectivity index (χ4n) is 2.72. The van der Waals surface area contributed by atoms with E-state index in [1.165, 1.54) is 18.2 Å². The third kappa shape index (κ3) is 6.64. The molecule has 0 saturated carbocycles. The van der Waals surface area contributed by atoms with Crippen molar-refractivity contribution in [1.82, 2.24) is 10.6 Å². The van der Waals surface area contributed by atoms with Gasteiger partial charge in [0, 0.05) is 13.1 Å². The van der Waals surface area contributed by atoms with Gasteiger partial charge in [-0.3, -0.25) is 4.79 Å². The van der Waals surface area contributed by atoms with Crippen molar-refractivity contribution < 1.29 is 13.6 Å². The highest BCUT2D eigenvalue weighted by Gasteiger charge is 2.16. The number of rotatable bonds is 8. The number of nitrogens with two attached hydrogens (primary N) is 1. The molecule has 0 heterocycles. The molecule has 0 radical (unpaired) electrons. The van der Waals surface area contributed by atoms with Gasteiger partial charge in [0.25, 0.3) is 0 Å². The van der Waals surface area contributed by atoms with Crippen LogP contribution in [0.4, 0.5) is 8.78 Å². The monoisotopic (exact) mass is 388 g/mol. The molecule has 28 heavy (non-hydrogen) atoms. The summed E-state index contributed by atoms with van der Waals surface area (Å²) >= 11 is 0. The second-order valence-corrected chi connectivity index (χ2v) is 6.59. The maximum absolute atomic E-state index is 13.4. The number of carbonyl (C=O) groups excluding carboxylic acids is 1. The molecule has 4 N–H and O–H groups in total. The first-order valence-electron chi connectivity index (χ1n) is 9.20. The molecule has 1 atom stereocenters. The maximum atomic E-state index is 13.4. The van der Waals surface area contributed by atoms with E-state index in [9.17, 15) is 13.6 Å². The van der Waals surface area contributed by atoms with E-state index in [0.29, 0.717) is 37.6 Å². The SMILES string of the molecule is CCNC(=NCc1ccc(F)c(C)c1)NCC(Cc1ccc(F)cc1)C(N)=O. The highest BCUT2D eigenvalue weighted by molar-refractivity contribution is 5.81. The largest absolute Gasteiger partial charge is 0.369 e. The molecule has 2 rings (SSSR count). The molecule has 0 aromatic heterocycles. The Labute approximate surface area is 164 Å². The summed E-state index contributed by atoms with van der Waals surface area (Å²) in [5.74, 6) is -0.947. The van der Waals surface area contributed by atoms with Gasteiger partial charge < -0.3 is 16.4 Å². The van der Waals surface area contributed by atoms with Crippen molar-refractivity contribution in [2.75, 3.05) is 13.1 Å². The molecule has 0 saturated heterocycles. The second kappa shape index (κ2) is 10.4. The van der Waals surface area contributed by atoms with E-state index in [4.69, 9.17) is 5.73 Å². The van der Waals surface area contributed by atoms with Gasteiger partial charge in [0.05, 0.1) is 12.5 Å². The molecule has 0 aliphatic carbocycles. The van der Waals surface area contributed by atoms with Crippen molar-refractivity contribution in [1.29, 1.82) is 0 Å². The van der Waals surface area contributed by atoms with E-state index in [2.05, 4.69) is 15.6 Å². The molecule has 5 nitrogen and oxygen atoms in total. The first-order valence-corrected chi connectivity index (χ1v) is 9.20. The van der Waals surface area contributed by atoms with E-state index >= 15 is 0 Å². The first kappa shape index (κ1) is 21.3. The summed E-state index contributed by atoms with van der Waals surface area (Å²) in [6.45, 7) is 4.95. The number of nitrogens with one attached hydrogen (secondary N) is 2. The van der Waals surface area contributed by atoms with Gasteiger partial charge in [0.15, 0.2) is 5.96 Å². The summed E-state index contributed by atoms with van der Waals surface area (Å²) in [4.78, 5) is 16.3. The highest BCUT2D eigenvalue weighted by atomic mass is 19.1. The fraction of sp³-hybridized carbons (Fsp3) is 0.333. The molecule has 0 bridgehead atoms. The smallest absolute Gasteiger partial charge is 0.222 e. The Hall–Kier alpha value is -2.96. The van der Waals surface area contributed by atoms with Gasteiger partial charge in [-0.2, -0.15) is 0 Å². The topological polar surface area (TPSA) is 79.5 Å². The van der Waals surface area contributed by atoms with E-state index in [1.807, 2.05) is 6.92 Å². The number of amides is 1. The van der Waals surface area contributed by atoms with Crippen molar-refractivity contribution in [3.05, 3.63) is 70.8 Å². The van der Waals surface area contributed by atoms with Crippen molar-refractivity contribution in [2.24, 2.45) is 16.6 Å². The number of nitrogens with zero attached hydrogens (tertiary/aromatic N) is 1. The Kier molecular flexibility index (Phi) is 7.92. The quantitative estimate of drug-likeness (QED) is 0.481. The molecule has 150 valence electrons. The van der Waals surface area contributed by atoms with Crippen LogP contribution < -0.4 is 16.4 Å². The number of carbonyl (C=O) groups is 1. The Morgan fingerprint density at radius 3 is 2.39 bits per heavy atom. The van der Waals surface area contributed by atoms with Crippen LogP contribution in [0.5, 0.6) is 0 Å². The standard InChI is InChI=1S/C21H26F2N4O/c1-3-25-21(26-12-16-6-9-19(23)14(2)10-16)27-13-17(20(24)28)11-15-4-7-18(22)8-5-15/h4-10,17H,3,11-13H2,1-2H3,(H2,24,28)(H2,25,26,27). The lowest BCUT2D eigenvalue weighted by Gasteiger charge is -2.17. The average Bonchev–Trinajstić information content (AvgIpc) is 2.66. The Balaban J connectivity index is 2.01. The first-order chi connectivity index (χ1) is 13.4. The Bertz CT molecular complexity index is 822. The van der Waals surface area contributed by atoms with Crippen molar-refractivity contribution >= 4 is 11.9 Å². The lowest BCUT2D eigenvalue weighted by atomic mass is 9.98. The van der Waals surface area contributed by atoms with Gasteiger partial charge in [-0.1, -0.05) is 24.3 Å². The molecule has 0 aliphatic rings. The summed E-state index contributed by atoms with van der Waals surface area (Å²) < 4.78 is 26.4. The second-order valence-electron chi connectivity index (χ2n) is 6.59. The van der Waals surface area contributed by atoms with Crippen LogP contribution in [0.25, 0.3) is 0 Å². The lowest BCUT2D eigenvalue weighted by molar-refractivity contribution is -0.121. The van der Waals surface area contributed by atoms with Crippen LogP contribution in [0.2, 0.25) is 0 Å². The van der Waals surface area contributed by atoms with Crippen LogP contribution in [0.15, 0.2) is 47.5 Å². The Morgan fingerprint density at radius 1 is 1.11 bits per heavy atom. The van der Waals surface area contributed by atoms with Crippen LogP contribution in [0.1, 0.15) is 23.6 Å². The zero-order valence-corrected chi connectivity index (χ0v) is 16.1. The normalized spacial score (nSPS) is 12.5. The zero-order valence-electron chi connectivity index (χ0n) is 16.1. The predicted molar refractivity (Wildman–Crippen MR) is 107 cm³/mol. The molecule has 2 aromatic rings. The minimum Gasteiger partial charge on any atom is -0.369 e. The molecule has 2 aromatic carbocycles. The molecular formula is C21H26F2N4O. The summed E-state index contributed by atoms with van der Waals surface area (Å²) in [6.07, 6.45) is 0.402. The van der Waals surface area contributed by atoms with Crippen LogP contribution in [-0.4, -0.2) is 25.0 Å². The summed E-state index contributed by atoms with van der Waals surface area (Å²) in [5, 5.41) is 6.23. The number of benzene rings is 2.